The van der Waals surface area contributed by atoms with Gasteiger partial charge in [0.15, 0.2) is 5.69 Å². The molecule has 4 rings (SSSR count). The zero-order chi connectivity index (χ0) is 24.9. The molecule has 1 aliphatic rings. The zero-order valence-electron chi connectivity index (χ0n) is 19.1. The largest absolute Gasteiger partial charge is 0.497 e. The zero-order valence-corrected chi connectivity index (χ0v) is 20.0. The number of hydrogen-bond donors (Lipinski definition) is 3. The van der Waals surface area contributed by atoms with Crippen LogP contribution < -0.4 is 26.4 Å². The molecule has 0 spiro atoms. The number of nitrogens with one attached hydrogen (secondary N) is 1. The molecule has 1 unspecified atom stereocenters. The average molecular weight is 495 g/mol. The number of methoxy groups -OCH3 is 1. The molecule has 0 saturated heterocycles. The number of nitrogens with two attached hydrogens (primary N) is 2. The number of hydrogen-bond acceptors (Lipinski definition) is 8. The Morgan fingerprint density at radius 1 is 1.11 bits per heavy atom. The summed E-state index contributed by atoms with van der Waals surface area (Å²) in [6.07, 6.45) is 6.98. The molecule has 1 saturated carbocycles. The number of nitrogens with zero attached hydrogens (tertiary/aromatic N) is 3. The fraction of sp³-hybridized carbons (Fsp3) is 0.292. The molecule has 0 aliphatic heterocycles. The van der Waals surface area contributed by atoms with Crippen LogP contribution in [0.4, 0.5) is 11.4 Å². The number of aromatic nitrogens is 2. The highest BCUT2D eigenvalue weighted by Crippen LogP contribution is 2.34. The summed E-state index contributed by atoms with van der Waals surface area (Å²) < 4.78 is 9.22. The van der Waals surface area contributed by atoms with E-state index in [2.05, 4.69) is 14.7 Å². The van der Waals surface area contributed by atoms with Crippen LogP contribution in [0.1, 0.15) is 57.4 Å². The summed E-state index contributed by atoms with van der Waals surface area (Å²) in [5, 5.41) is 3.10. The summed E-state index contributed by atoms with van der Waals surface area (Å²) in [7, 11) is 1.54. The fourth-order valence-corrected chi connectivity index (χ4v) is 4.92. The molecule has 5 N–H and O–H groups in total. The third-order valence-electron chi connectivity index (χ3n) is 5.95. The number of anilines is 2. The standard InChI is InChI=1S/C24H26N6O4S/c1-34-17-8-6-16(7-9-17)30(24(33)21-18(25)19(22(26)31)29-35-21)20(14-10-12-27-13-11-14)23(32)28-15-4-2-3-5-15/h6-13,15,20H,2-5,25H2,1H3,(H2,26,31)(H,28,32). The Hall–Kier alpha value is -3.99. The van der Waals surface area contributed by atoms with E-state index in [-0.39, 0.29) is 28.2 Å². The molecule has 1 aromatic carbocycles. The maximum absolute atomic E-state index is 14.0. The highest BCUT2D eigenvalue weighted by molar-refractivity contribution is 7.09. The van der Waals surface area contributed by atoms with Crippen molar-refractivity contribution in [3.8, 4) is 5.75 Å². The van der Waals surface area contributed by atoms with Crippen molar-refractivity contribution in [1.29, 1.82) is 0 Å². The van der Waals surface area contributed by atoms with E-state index in [1.807, 2.05) is 0 Å². The van der Waals surface area contributed by atoms with Gasteiger partial charge < -0.3 is 21.5 Å². The Morgan fingerprint density at radius 3 is 2.34 bits per heavy atom. The van der Waals surface area contributed by atoms with Gasteiger partial charge >= 0.3 is 0 Å². The van der Waals surface area contributed by atoms with Crippen LogP contribution in [-0.4, -0.2) is 40.2 Å². The first-order valence-electron chi connectivity index (χ1n) is 11.1. The summed E-state index contributed by atoms with van der Waals surface area (Å²) in [4.78, 5) is 44.8. The number of nitrogen functional groups attached to an aromatic ring is 1. The van der Waals surface area contributed by atoms with Crippen molar-refractivity contribution in [3.05, 3.63) is 64.9 Å². The molecular formula is C24H26N6O4S. The monoisotopic (exact) mass is 494 g/mol. The second-order valence-corrected chi connectivity index (χ2v) is 8.96. The average Bonchev–Trinajstić information content (AvgIpc) is 3.52. The lowest BCUT2D eigenvalue weighted by molar-refractivity contribution is -0.123. The molecule has 2 heterocycles. The molecule has 182 valence electrons. The van der Waals surface area contributed by atoms with Crippen molar-refractivity contribution < 1.29 is 19.1 Å². The molecule has 0 bridgehead atoms. The van der Waals surface area contributed by atoms with Crippen molar-refractivity contribution in [2.45, 2.75) is 37.8 Å². The Kier molecular flexibility index (Phi) is 7.25. The van der Waals surface area contributed by atoms with Gasteiger partial charge in [0.25, 0.3) is 11.8 Å². The Morgan fingerprint density at radius 2 is 1.77 bits per heavy atom. The highest BCUT2D eigenvalue weighted by Gasteiger charge is 2.37. The summed E-state index contributed by atoms with van der Waals surface area (Å²) in [5.41, 5.74) is 12.1. The quantitative estimate of drug-likeness (QED) is 0.435. The third-order valence-corrected chi connectivity index (χ3v) is 6.81. The summed E-state index contributed by atoms with van der Waals surface area (Å²) in [6, 6.07) is 9.13. The number of amides is 3. The van der Waals surface area contributed by atoms with Crippen LogP contribution in [0.2, 0.25) is 0 Å². The number of carbonyl (C=O) groups excluding carboxylic acids is 3. The third kappa shape index (κ3) is 5.09. The summed E-state index contributed by atoms with van der Waals surface area (Å²) in [6.45, 7) is 0. The highest BCUT2D eigenvalue weighted by atomic mass is 32.1. The molecule has 0 radical (unpaired) electrons. The minimum atomic E-state index is -1.03. The molecule has 35 heavy (non-hydrogen) atoms. The van der Waals surface area contributed by atoms with Crippen LogP contribution in [0, 0.1) is 0 Å². The molecule has 3 aromatic rings. The number of carbonyl (C=O) groups is 3. The van der Waals surface area contributed by atoms with Crippen LogP contribution in [0.5, 0.6) is 5.75 Å². The number of rotatable bonds is 8. The molecular weight excluding hydrogens is 468 g/mol. The SMILES string of the molecule is COc1ccc(N(C(=O)c2snc(C(N)=O)c2N)C(C(=O)NC2CCCC2)c2ccncc2)cc1. The van der Waals surface area contributed by atoms with E-state index in [4.69, 9.17) is 16.2 Å². The summed E-state index contributed by atoms with van der Waals surface area (Å²) in [5.74, 6) is -1.16. The van der Waals surface area contributed by atoms with Crippen LogP contribution in [0.15, 0.2) is 48.8 Å². The van der Waals surface area contributed by atoms with Crippen LogP contribution in [0.25, 0.3) is 0 Å². The minimum Gasteiger partial charge on any atom is -0.497 e. The lowest BCUT2D eigenvalue weighted by atomic mass is 10.0. The molecule has 11 heteroatoms. The van der Waals surface area contributed by atoms with Gasteiger partial charge in [0, 0.05) is 24.1 Å². The fourth-order valence-electron chi connectivity index (χ4n) is 4.18. The predicted molar refractivity (Wildman–Crippen MR) is 132 cm³/mol. The van der Waals surface area contributed by atoms with Gasteiger partial charge in [-0.2, -0.15) is 4.37 Å². The molecule has 1 fully saturated rings. The van der Waals surface area contributed by atoms with E-state index >= 15 is 0 Å². The number of benzene rings is 1. The Balaban J connectivity index is 1.83. The second kappa shape index (κ2) is 10.5. The van der Waals surface area contributed by atoms with Gasteiger partial charge in [-0.15, -0.1) is 0 Å². The topological polar surface area (TPSA) is 154 Å². The normalized spacial score (nSPS) is 14.3. The summed E-state index contributed by atoms with van der Waals surface area (Å²) >= 11 is 0.765. The van der Waals surface area contributed by atoms with E-state index in [0.717, 1.165) is 37.2 Å². The van der Waals surface area contributed by atoms with Gasteiger partial charge in [0.05, 0.1) is 12.8 Å². The molecule has 3 amide bonds. The maximum atomic E-state index is 14.0. The van der Waals surface area contributed by atoms with E-state index in [9.17, 15) is 14.4 Å². The van der Waals surface area contributed by atoms with Crippen LogP contribution in [-0.2, 0) is 4.79 Å². The first kappa shape index (κ1) is 24.1. The van der Waals surface area contributed by atoms with Crippen molar-refractivity contribution in [1.82, 2.24) is 14.7 Å². The van der Waals surface area contributed by atoms with Crippen molar-refractivity contribution in [2.75, 3.05) is 17.7 Å². The van der Waals surface area contributed by atoms with E-state index in [0.29, 0.717) is 17.0 Å². The number of primary amides is 1. The first-order valence-corrected chi connectivity index (χ1v) is 11.9. The maximum Gasteiger partial charge on any atom is 0.273 e. The number of pyridine rings is 1. The Labute approximate surface area is 206 Å². The van der Waals surface area contributed by atoms with Gasteiger partial charge in [0.2, 0.25) is 5.91 Å². The lowest BCUT2D eigenvalue weighted by Crippen LogP contribution is -2.46. The second-order valence-electron chi connectivity index (χ2n) is 8.18. The first-order chi connectivity index (χ1) is 16.9. The van der Waals surface area contributed by atoms with Crippen LogP contribution in [0.3, 0.4) is 0 Å². The van der Waals surface area contributed by atoms with Gasteiger partial charge in [0.1, 0.15) is 16.7 Å². The minimum absolute atomic E-state index is 0.0161. The molecule has 10 nitrogen and oxygen atoms in total. The van der Waals surface area contributed by atoms with Gasteiger partial charge in [-0.25, -0.2) is 0 Å². The van der Waals surface area contributed by atoms with Crippen molar-refractivity contribution in [2.24, 2.45) is 5.73 Å². The van der Waals surface area contributed by atoms with Crippen molar-refractivity contribution >= 4 is 40.6 Å². The van der Waals surface area contributed by atoms with Gasteiger partial charge in [-0.1, -0.05) is 12.8 Å². The van der Waals surface area contributed by atoms with E-state index in [1.54, 1.807) is 48.8 Å². The van der Waals surface area contributed by atoms with E-state index < -0.39 is 17.9 Å². The van der Waals surface area contributed by atoms with E-state index in [1.165, 1.54) is 12.0 Å². The molecule has 1 aliphatic carbocycles. The smallest absolute Gasteiger partial charge is 0.273 e. The lowest BCUT2D eigenvalue weighted by Gasteiger charge is -2.32. The Bertz CT molecular complexity index is 1210. The molecule has 1 atom stereocenters. The van der Waals surface area contributed by atoms with Crippen molar-refractivity contribution in [3.63, 3.8) is 0 Å². The van der Waals surface area contributed by atoms with Gasteiger partial charge in [-0.05, 0) is 66.3 Å². The van der Waals surface area contributed by atoms with Gasteiger partial charge in [-0.3, -0.25) is 24.3 Å². The van der Waals surface area contributed by atoms with Crippen LogP contribution >= 0.6 is 11.5 Å². The predicted octanol–water partition coefficient (Wildman–Crippen LogP) is 2.67. The molecule has 2 aromatic heterocycles. The number of ether oxygens (including phenoxy) is 1.